The van der Waals surface area contributed by atoms with Gasteiger partial charge in [-0.1, -0.05) is 45.9 Å². The summed E-state index contributed by atoms with van der Waals surface area (Å²) in [5, 5.41) is 8.63. The van der Waals surface area contributed by atoms with Gasteiger partial charge in [0.25, 0.3) is 0 Å². The number of phenols is 1. The number of para-hydroxylation sites is 1. The van der Waals surface area contributed by atoms with Gasteiger partial charge in [0, 0.05) is 0 Å². The third-order valence-corrected chi connectivity index (χ3v) is 0.756. The summed E-state index contributed by atoms with van der Waals surface area (Å²) in [6, 6.07) is 8.71. The first-order valence-corrected chi connectivity index (χ1v) is 5.34. The lowest BCUT2D eigenvalue weighted by atomic mass is 10.3. The maximum atomic E-state index is 9.44. The second-order valence-electron chi connectivity index (χ2n) is 2.24. The second kappa shape index (κ2) is 18.5. The van der Waals surface area contributed by atoms with Gasteiger partial charge in [0.15, 0.2) is 0 Å². The minimum atomic E-state index is 0.167. The molecule has 0 heterocycles. The van der Waals surface area contributed by atoms with Crippen LogP contribution in [-0.2, 0) is 4.79 Å². The number of hydrogen-bond donors (Lipinski definition) is 1. The molecule has 2 heteroatoms. The Balaban J connectivity index is -0.000000156. The highest BCUT2D eigenvalue weighted by molar-refractivity contribution is 5.72. The molecular weight excluding hydrogens is 188 g/mol. The fourth-order valence-electron chi connectivity index (χ4n) is 0.428. The molecule has 2 nitrogen and oxygen atoms in total. The van der Waals surface area contributed by atoms with Crippen molar-refractivity contribution in [3.63, 3.8) is 0 Å². The predicted molar refractivity (Wildman–Crippen MR) is 67.2 cm³/mol. The Bertz CT molecular complexity index is 201. The van der Waals surface area contributed by atoms with E-state index in [1.165, 1.54) is 13.8 Å². The first-order valence-electron chi connectivity index (χ1n) is 5.34. The SMILES string of the molecule is CC.CC.CC(C)=O.Oc1ccccc1. The normalized spacial score (nSPS) is 6.53. The Morgan fingerprint density at radius 2 is 1.20 bits per heavy atom. The van der Waals surface area contributed by atoms with Gasteiger partial charge in [-0.2, -0.15) is 0 Å². The zero-order valence-electron chi connectivity index (χ0n) is 10.7. The van der Waals surface area contributed by atoms with Crippen LogP contribution in [0.4, 0.5) is 0 Å². The summed E-state index contributed by atoms with van der Waals surface area (Å²) in [5.41, 5.74) is 0. The van der Waals surface area contributed by atoms with Gasteiger partial charge in [-0.3, -0.25) is 0 Å². The second-order valence-corrected chi connectivity index (χ2v) is 2.24. The van der Waals surface area contributed by atoms with Gasteiger partial charge in [-0.15, -0.1) is 0 Å². The van der Waals surface area contributed by atoms with E-state index in [0.29, 0.717) is 5.75 Å². The van der Waals surface area contributed by atoms with E-state index < -0.39 is 0 Å². The molecule has 0 aliphatic carbocycles. The lowest BCUT2D eigenvalue weighted by Crippen LogP contribution is -1.69. The Labute approximate surface area is 94.0 Å². The number of aromatic hydroxyl groups is 1. The summed E-state index contributed by atoms with van der Waals surface area (Å²) in [5.74, 6) is 0.488. The molecule has 1 N–H and O–H groups in total. The summed E-state index contributed by atoms with van der Waals surface area (Å²) < 4.78 is 0. The number of rotatable bonds is 0. The molecule has 0 spiro atoms. The smallest absolute Gasteiger partial charge is 0.126 e. The molecule has 0 aromatic heterocycles. The maximum Gasteiger partial charge on any atom is 0.126 e. The summed E-state index contributed by atoms with van der Waals surface area (Å²) in [6.45, 7) is 11.1. The number of benzene rings is 1. The molecule has 15 heavy (non-hydrogen) atoms. The van der Waals surface area contributed by atoms with Crippen LogP contribution in [0.15, 0.2) is 30.3 Å². The Kier molecular flexibility index (Phi) is 23.8. The van der Waals surface area contributed by atoms with E-state index in [9.17, 15) is 4.79 Å². The number of hydrogen-bond acceptors (Lipinski definition) is 2. The van der Waals surface area contributed by atoms with Crippen molar-refractivity contribution in [3.05, 3.63) is 30.3 Å². The fourth-order valence-corrected chi connectivity index (χ4v) is 0.428. The molecule has 0 bridgehead atoms. The van der Waals surface area contributed by atoms with E-state index in [4.69, 9.17) is 5.11 Å². The number of carbonyl (C=O) groups is 1. The van der Waals surface area contributed by atoms with Gasteiger partial charge < -0.3 is 9.90 Å². The minimum Gasteiger partial charge on any atom is -0.508 e. The number of phenolic OH excluding ortho intramolecular Hbond substituents is 1. The van der Waals surface area contributed by atoms with Crippen molar-refractivity contribution in [3.8, 4) is 5.75 Å². The van der Waals surface area contributed by atoms with E-state index in [1.54, 1.807) is 24.3 Å². The van der Waals surface area contributed by atoms with E-state index in [2.05, 4.69) is 0 Å². The molecule has 0 radical (unpaired) electrons. The largest absolute Gasteiger partial charge is 0.508 e. The van der Waals surface area contributed by atoms with Gasteiger partial charge in [-0.05, 0) is 26.0 Å². The van der Waals surface area contributed by atoms with E-state index in [-0.39, 0.29) is 5.78 Å². The van der Waals surface area contributed by atoms with E-state index in [0.717, 1.165) is 0 Å². The van der Waals surface area contributed by atoms with Crippen LogP contribution in [0.1, 0.15) is 41.5 Å². The third-order valence-electron chi connectivity index (χ3n) is 0.756. The highest BCUT2D eigenvalue weighted by atomic mass is 16.3. The van der Waals surface area contributed by atoms with Gasteiger partial charge in [0.1, 0.15) is 11.5 Å². The van der Waals surface area contributed by atoms with Gasteiger partial charge >= 0.3 is 0 Å². The summed E-state index contributed by atoms with van der Waals surface area (Å²) >= 11 is 0. The summed E-state index contributed by atoms with van der Waals surface area (Å²) in [4.78, 5) is 9.44. The van der Waals surface area contributed by atoms with Gasteiger partial charge in [0.2, 0.25) is 0 Å². The topological polar surface area (TPSA) is 37.3 Å². The summed E-state index contributed by atoms with van der Waals surface area (Å²) in [7, 11) is 0. The Hall–Kier alpha value is -1.31. The van der Waals surface area contributed by atoms with Crippen LogP contribution in [0.5, 0.6) is 5.75 Å². The van der Waals surface area contributed by atoms with Gasteiger partial charge in [0.05, 0.1) is 0 Å². The van der Waals surface area contributed by atoms with E-state index >= 15 is 0 Å². The van der Waals surface area contributed by atoms with Crippen LogP contribution in [0.2, 0.25) is 0 Å². The highest BCUT2D eigenvalue weighted by Crippen LogP contribution is 2.02. The van der Waals surface area contributed by atoms with Gasteiger partial charge in [-0.25, -0.2) is 0 Å². The number of ketones is 1. The molecule has 1 rings (SSSR count). The molecule has 1 aromatic carbocycles. The van der Waals surface area contributed by atoms with Crippen molar-refractivity contribution in [1.82, 2.24) is 0 Å². The van der Waals surface area contributed by atoms with Crippen LogP contribution in [-0.4, -0.2) is 10.9 Å². The molecule has 0 saturated carbocycles. The van der Waals surface area contributed by atoms with Crippen molar-refractivity contribution in [2.45, 2.75) is 41.5 Å². The van der Waals surface area contributed by atoms with Crippen LogP contribution in [0.3, 0.4) is 0 Å². The molecule has 0 saturated heterocycles. The minimum absolute atomic E-state index is 0.167. The number of carbonyl (C=O) groups excluding carboxylic acids is 1. The average molecular weight is 212 g/mol. The molecule has 0 atom stereocenters. The third kappa shape index (κ3) is 32.4. The van der Waals surface area contributed by atoms with Crippen LogP contribution in [0.25, 0.3) is 0 Å². The zero-order chi connectivity index (χ0) is 12.7. The first-order chi connectivity index (χ1) is 7.13. The van der Waals surface area contributed by atoms with Crippen molar-refractivity contribution in [2.75, 3.05) is 0 Å². The molecular formula is C13H24O2. The molecule has 88 valence electrons. The Morgan fingerprint density at radius 3 is 1.33 bits per heavy atom. The molecule has 0 aliphatic heterocycles. The van der Waals surface area contributed by atoms with Crippen molar-refractivity contribution in [2.24, 2.45) is 0 Å². The standard InChI is InChI=1S/C6H6O.C3H6O.2C2H6/c7-6-4-2-1-3-5-6;1-3(2)4;2*1-2/h1-5,7H;1-2H3;2*1-2H3. The predicted octanol–water partition coefficient (Wildman–Crippen LogP) is 4.04. The highest BCUT2D eigenvalue weighted by Gasteiger charge is 1.74. The Morgan fingerprint density at radius 1 is 0.933 bits per heavy atom. The van der Waals surface area contributed by atoms with Crippen LogP contribution in [0, 0.1) is 0 Å². The molecule has 0 fully saturated rings. The quantitative estimate of drug-likeness (QED) is 0.704. The van der Waals surface area contributed by atoms with Crippen LogP contribution >= 0.6 is 0 Å². The van der Waals surface area contributed by atoms with Crippen LogP contribution < -0.4 is 0 Å². The summed E-state index contributed by atoms with van der Waals surface area (Å²) in [6.07, 6.45) is 0. The first kappa shape index (κ1) is 19.3. The monoisotopic (exact) mass is 212 g/mol. The zero-order valence-corrected chi connectivity index (χ0v) is 10.7. The maximum absolute atomic E-state index is 9.44. The fraction of sp³-hybridized carbons (Fsp3) is 0.462. The van der Waals surface area contributed by atoms with E-state index in [1.807, 2.05) is 33.8 Å². The lowest BCUT2D eigenvalue weighted by molar-refractivity contribution is -0.114. The molecule has 0 unspecified atom stereocenters. The van der Waals surface area contributed by atoms with Crippen molar-refractivity contribution >= 4 is 5.78 Å². The average Bonchev–Trinajstić information content (AvgIpc) is 2.24. The molecule has 0 aliphatic rings. The lowest BCUT2D eigenvalue weighted by Gasteiger charge is -1.82. The molecule has 1 aromatic rings. The number of Topliss-reactive ketones (excluding diaryl/α,β-unsaturated/α-hetero) is 1. The molecule has 0 amide bonds. The van der Waals surface area contributed by atoms with Crippen molar-refractivity contribution < 1.29 is 9.90 Å². The van der Waals surface area contributed by atoms with Crippen molar-refractivity contribution in [1.29, 1.82) is 0 Å².